The summed E-state index contributed by atoms with van der Waals surface area (Å²) in [4.78, 5) is 4.61. The Balaban J connectivity index is 0.944. The standard InChI is InChI=1S/C56H34N2O3/c1-3-12-36(13-4-1)57(39-25-28-52-47(32-39)42-16-7-9-19-50(42)59-52)38-23-22-35-30-49-44-27-24-41(34-55(44)61-54-21-11-18-45(56(49)54)46(35)31-38)58(37-14-5-2-6-15-37)40-26-29-53-48(33-40)43-17-8-10-20-51(43)60-53/h1-34H. The first-order chi connectivity index (χ1) is 30.2. The zero-order chi connectivity index (χ0) is 40.0. The Morgan fingerprint density at radius 3 is 1.39 bits per heavy atom. The van der Waals surface area contributed by atoms with Crippen LogP contribution >= 0.6 is 0 Å². The minimum absolute atomic E-state index is 0.821. The minimum atomic E-state index is 0.821. The maximum atomic E-state index is 6.90. The third kappa shape index (κ3) is 5.27. The van der Waals surface area contributed by atoms with Gasteiger partial charge in [-0.25, -0.2) is 0 Å². The summed E-state index contributed by atoms with van der Waals surface area (Å²) in [6.45, 7) is 0. The molecule has 0 saturated carbocycles. The molecule has 12 aromatic rings. The molecule has 0 bridgehead atoms. The van der Waals surface area contributed by atoms with Gasteiger partial charge >= 0.3 is 0 Å². The SMILES string of the molecule is c1ccc(N(c2ccc3c(c2)Oc2cccc4c2c-3cc2ccc(N(c3ccccc3)c3ccc5oc6ccccc6c5c3)cc24)c2ccc3oc4ccccc4c3c2)cc1. The zero-order valence-electron chi connectivity index (χ0n) is 32.7. The number of anilines is 6. The lowest BCUT2D eigenvalue weighted by molar-refractivity contribution is 0.487. The van der Waals surface area contributed by atoms with Crippen molar-refractivity contribution in [2.24, 2.45) is 0 Å². The molecule has 2 aromatic heterocycles. The Labute approximate surface area is 350 Å². The summed E-state index contributed by atoms with van der Waals surface area (Å²) in [6, 6.07) is 72.6. The first-order valence-electron chi connectivity index (χ1n) is 20.6. The molecule has 1 aliphatic heterocycles. The van der Waals surface area contributed by atoms with E-state index < -0.39 is 0 Å². The molecule has 10 aromatic carbocycles. The van der Waals surface area contributed by atoms with Crippen molar-refractivity contribution in [3.05, 3.63) is 206 Å². The molecule has 0 spiro atoms. The van der Waals surface area contributed by atoms with E-state index in [1.807, 2.05) is 24.3 Å². The van der Waals surface area contributed by atoms with E-state index in [-0.39, 0.29) is 0 Å². The van der Waals surface area contributed by atoms with Gasteiger partial charge in [0, 0.05) is 72.7 Å². The summed E-state index contributed by atoms with van der Waals surface area (Å²) in [7, 11) is 0. The van der Waals surface area contributed by atoms with Gasteiger partial charge in [0.1, 0.15) is 33.8 Å². The Morgan fingerprint density at radius 2 is 0.770 bits per heavy atom. The molecule has 5 heteroatoms. The quantitative estimate of drug-likeness (QED) is 0.157. The number of rotatable bonds is 6. The van der Waals surface area contributed by atoms with Crippen LogP contribution in [0.4, 0.5) is 34.1 Å². The van der Waals surface area contributed by atoms with Crippen LogP contribution in [0.1, 0.15) is 0 Å². The second-order valence-electron chi connectivity index (χ2n) is 15.7. The predicted molar refractivity (Wildman–Crippen MR) is 251 cm³/mol. The van der Waals surface area contributed by atoms with Gasteiger partial charge in [0.25, 0.3) is 0 Å². The highest BCUT2D eigenvalue weighted by Crippen LogP contribution is 2.51. The van der Waals surface area contributed by atoms with Crippen LogP contribution in [0.3, 0.4) is 0 Å². The largest absolute Gasteiger partial charge is 0.456 e. The Bertz CT molecular complexity index is 3700. The van der Waals surface area contributed by atoms with Crippen molar-refractivity contribution in [1.82, 2.24) is 0 Å². The summed E-state index contributed by atoms with van der Waals surface area (Å²) in [5.74, 6) is 1.67. The minimum Gasteiger partial charge on any atom is -0.456 e. The van der Waals surface area contributed by atoms with E-state index in [2.05, 4.69) is 192 Å². The van der Waals surface area contributed by atoms with Gasteiger partial charge in [0.2, 0.25) is 0 Å². The van der Waals surface area contributed by atoms with E-state index in [4.69, 9.17) is 13.6 Å². The summed E-state index contributed by atoms with van der Waals surface area (Å²) in [5.41, 5.74) is 12.0. The molecule has 286 valence electrons. The average molecular weight is 783 g/mol. The topological polar surface area (TPSA) is 42.0 Å². The maximum Gasteiger partial charge on any atom is 0.137 e. The van der Waals surface area contributed by atoms with Gasteiger partial charge in [0.15, 0.2) is 0 Å². The van der Waals surface area contributed by atoms with Crippen molar-refractivity contribution < 1.29 is 13.6 Å². The molecule has 0 amide bonds. The Kier molecular flexibility index (Phi) is 7.24. The number of ether oxygens (including phenoxy) is 1. The second kappa shape index (κ2) is 13.1. The van der Waals surface area contributed by atoms with Crippen LogP contribution < -0.4 is 14.5 Å². The van der Waals surface area contributed by atoms with Crippen LogP contribution in [0.25, 0.3) is 76.5 Å². The highest BCUT2D eigenvalue weighted by Gasteiger charge is 2.25. The van der Waals surface area contributed by atoms with Crippen LogP contribution in [0.15, 0.2) is 215 Å². The first kappa shape index (κ1) is 33.7. The number of fused-ring (bicyclic) bond motifs is 10. The summed E-state index contributed by atoms with van der Waals surface area (Å²) in [6.07, 6.45) is 0. The van der Waals surface area contributed by atoms with Crippen molar-refractivity contribution in [3.63, 3.8) is 0 Å². The molecule has 0 radical (unpaired) electrons. The predicted octanol–water partition coefficient (Wildman–Crippen LogP) is 16.5. The Hall–Kier alpha value is -8.28. The van der Waals surface area contributed by atoms with Gasteiger partial charge in [-0.05, 0) is 131 Å². The van der Waals surface area contributed by atoms with Crippen molar-refractivity contribution in [3.8, 4) is 22.6 Å². The highest BCUT2D eigenvalue weighted by atomic mass is 16.5. The van der Waals surface area contributed by atoms with Gasteiger partial charge < -0.3 is 23.4 Å². The van der Waals surface area contributed by atoms with E-state index >= 15 is 0 Å². The molecule has 0 fully saturated rings. The lowest BCUT2D eigenvalue weighted by Crippen LogP contribution is -2.10. The normalized spacial score (nSPS) is 12.1. The van der Waals surface area contributed by atoms with Crippen LogP contribution in [-0.2, 0) is 0 Å². The van der Waals surface area contributed by atoms with Crippen LogP contribution in [0.2, 0.25) is 0 Å². The van der Waals surface area contributed by atoms with E-state index in [1.54, 1.807) is 0 Å². The average Bonchev–Trinajstić information content (AvgIpc) is 3.88. The van der Waals surface area contributed by atoms with Crippen LogP contribution in [0, 0.1) is 0 Å². The Morgan fingerprint density at radius 1 is 0.279 bits per heavy atom. The maximum absolute atomic E-state index is 6.90. The number of hydrogen-bond acceptors (Lipinski definition) is 5. The molecule has 61 heavy (non-hydrogen) atoms. The van der Waals surface area contributed by atoms with Crippen molar-refractivity contribution in [2.75, 3.05) is 9.80 Å². The zero-order valence-corrected chi connectivity index (χ0v) is 32.7. The lowest BCUT2D eigenvalue weighted by atomic mass is 9.90. The second-order valence-corrected chi connectivity index (χ2v) is 15.7. The summed E-state index contributed by atoms with van der Waals surface area (Å²) in [5, 5.41) is 8.97. The molecular weight excluding hydrogens is 749 g/mol. The third-order valence-electron chi connectivity index (χ3n) is 12.2. The van der Waals surface area contributed by atoms with E-state index in [0.717, 1.165) is 122 Å². The van der Waals surface area contributed by atoms with E-state index in [1.165, 1.54) is 0 Å². The summed E-state index contributed by atoms with van der Waals surface area (Å²) < 4.78 is 19.3. The van der Waals surface area contributed by atoms with Gasteiger partial charge in [-0.2, -0.15) is 0 Å². The highest BCUT2D eigenvalue weighted by molar-refractivity contribution is 6.18. The number of hydrogen-bond donors (Lipinski definition) is 0. The molecule has 0 atom stereocenters. The lowest BCUT2D eigenvalue weighted by Gasteiger charge is -2.28. The van der Waals surface area contributed by atoms with E-state index in [0.29, 0.717) is 0 Å². The molecule has 0 aliphatic carbocycles. The smallest absolute Gasteiger partial charge is 0.137 e. The monoisotopic (exact) mass is 782 g/mol. The van der Waals surface area contributed by atoms with Crippen molar-refractivity contribution >= 4 is 99.5 Å². The van der Waals surface area contributed by atoms with E-state index in [9.17, 15) is 0 Å². The number of furan rings is 2. The van der Waals surface area contributed by atoms with Crippen LogP contribution in [-0.4, -0.2) is 0 Å². The fraction of sp³-hybridized carbons (Fsp3) is 0. The number of benzene rings is 10. The third-order valence-corrected chi connectivity index (χ3v) is 12.2. The number of para-hydroxylation sites is 4. The van der Waals surface area contributed by atoms with Gasteiger partial charge in [-0.1, -0.05) is 91.0 Å². The van der Waals surface area contributed by atoms with Crippen molar-refractivity contribution in [1.29, 1.82) is 0 Å². The van der Waals surface area contributed by atoms with Crippen molar-refractivity contribution in [2.45, 2.75) is 0 Å². The van der Waals surface area contributed by atoms with Gasteiger partial charge in [-0.15, -0.1) is 0 Å². The molecule has 13 rings (SSSR count). The molecule has 0 saturated heterocycles. The summed E-state index contributed by atoms with van der Waals surface area (Å²) >= 11 is 0. The van der Waals surface area contributed by atoms with Gasteiger partial charge in [0.05, 0.1) is 0 Å². The molecular formula is C56H34N2O3. The van der Waals surface area contributed by atoms with Crippen LogP contribution in [0.5, 0.6) is 11.5 Å². The van der Waals surface area contributed by atoms with Gasteiger partial charge in [-0.3, -0.25) is 0 Å². The molecule has 1 aliphatic rings. The first-order valence-corrected chi connectivity index (χ1v) is 20.6. The number of nitrogens with zero attached hydrogens (tertiary/aromatic N) is 2. The molecule has 0 unspecified atom stereocenters. The molecule has 0 N–H and O–H groups in total. The molecule has 3 heterocycles. The fourth-order valence-corrected chi connectivity index (χ4v) is 9.43. The molecule has 5 nitrogen and oxygen atoms in total. The fourth-order valence-electron chi connectivity index (χ4n) is 9.43.